The average Bonchev–Trinajstić information content (AvgIpc) is 3.11. The molecule has 0 aliphatic carbocycles. The van der Waals surface area contributed by atoms with Gasteiger partial charge in [-0.15, -0.1) is 0 Å². The number of nitrogens with one attached hydrogen (secondary N) is 1. The van der Waals surface area contributed by atoms with Gasteiger partial charge in [0.25, 0.3) is 5.91 Å². The van der Waals surface area contributed by atoms with Crippen LogP contribution in [-0.2, 0) is 16.3 Å². The summed E-state index contributed by atoms with van der Waals surface area (Å²) in [7, 11) is -3.02. The second-order valence-electron chi connectivity index (χ2n) is 6.24. The van der Waals surface area contributed by atoms with Gasteiger partial charge in [0.2, 0.25) is 0 Å². The standard InChI is InChI=1S/C17H20FN3O3S/c1-12-15(10-20-21(12)14-7-9-25(23,24)11-14)17(22)19-8-6-13-4-2-3-5-16(13)18/h2-5,10,14H,6-9,11H2,1H3,(H,19,22). The Kier molecular flexibility index (Phi) is 4.89. The largest absolute Gasteiger partial charge is 0.352 e. The quantitative estimate of drug-likeness (QED) is 0.874. The van der Waals surface area contributed by atoms with E-state index < -0.39 is 9.84 Å². The molecule has 1 atom stereocenters. The van der Waals surface area contributed by atoms with E-state index in [4.69, 9.17) is 0 Å². The Hall–Kier alpha value is -2.22. The SMILES string of the molecule is Cc1c(C(=O)NCCc2ccccc2F)cnn1C1CCS(=O)(=O)C1. The summed E-state index contributed by atoms with van der Waals surface area (Å²) in [6.07, 6.45) is 2.37. The van der Waals surface area contributed by atoms with E-state index in [0.717, 1.165) is 0 Å². The Morgan fingerprint density at radius 1 is 1.40 bits per heavy atom. The van der Waals surface area contributed by atoms with Crippen LogP contribution in [-0.4, -0.2) is 42.2 Å². The maximum absolute atomic E-state index is 13.6. The fourth-order valence-electron chi connectivity index (χ4n) is 3.09. The third kappa shape index (κ3) is 3.89. The van der Waals surface area contributed by atoms with Crippen molar-refractivity contribution >= 4 is 15.7 Å². The number of halogens is 1. The molecule has 1 saturated heterocycles. The normalized spacial score (nSPS) is 19.0. The lowest BCUT2D eigenvalue weighted by Crippen LogP contribution is -2.26. The monoisotopic (exact) mass is 365 g/mol. The molecule has 25 heavy (non-hydrogen) atoms. The maximum atomic E-state index is 13.6. The van der Waals surface area contributed by atoms with Crippen molar-refractivity contribution < 1.29 is 17.6 Å². The first-order valence-corrected chi connectivity index (χ1v) is 9.95. The summed E-state index contributed by atoms with van der Waals surface area (Å²) >= 11 is 0. The molecule has 0 spiro atoms. The smallest absolute Gasteiger partial charge is 0.254 e. The van der Waals surface area contributed by atoms with Crippen LogP contribution < -0.4 is 5.32 Å². The van der Waals surface area contributed by atoms with E-state index in [1.165, 1.54) is 12.3 Å². The number of carbonyl (C=O) groups is 1. The van der Waals surface area contributed by atoms with E-state index in [1.807, 2.05) is 0 Å². The summed E-state index contributed by atoms with van der Waals surface area (Å²) in [6, 6.07) is 6.24. The number of sulfone groups is 1. The summed E-state index contributed by atoms with van der Waals surface area (Å²) in [5.74, 6) is -0.366. The van der Waals surface area contributed by atoms with Gasteiger partial charge in [-0.3, -0.25) is 9.48 Å². The van der Waals surface area contributed by atoms with Gasteiger partial charge in [-0.05, 0) is 31.4 Å². The van der Waals surface area contributed by atoms with Crippen LogP contribution in [0.3, 0.4) is 0 Å². The first-order valence-electron chi connectivity index (χ1n) is 8.13. The van der Waals surface area contributed by atoms with Gasteiger partial charge in [0.05, 0.1) is 29.3 Å². The molecular formula is C17H20FN3O3S. The highest BCUT2D eigenvalue weighted by molar-refractivity contribution is 7.91. The molecule has 0 saturated carbocycles. The van der Waals surface area contributed by atoms with Gasteiger partial charge < -0.3 is 5.32 Å². The highest BCUT2D eigenvalue weighted by Crippen LogP contribution is 2.25. The number of carbonyl (C=O) groups excluding carboxylic acids is 1. The summed E-state index contributed by atoms with van der Waals surface area (Å²) in [5, 5.41) is 6.95. The fraction of sp³-hybridized carbons (Fsp3) is 0.412. The van der Waals surface area contributed by atoms with E-state index in [9.17, 15) is 17.6 Å². The Balaban J connectivity index is 1.62. The first-order chi connectivity index (χ1) is 11.9. The van der Waals surface area contributed by atoms with Gasteiger partial charge in [-0.2, -0.15) is 5.10 Å². The molecule has 3 rings (SSSR count). The van der Waals surface area contributed by atoms with Gasteiger partial charge in [0.15, 0.2) is 9.84 Å². The zero-order chi connectivity index (χ0) is 18.0. The molecule has 1 aliphatic heterocycles. The van der Waals surface area contributed by atoms with Crippen molar-refractivity contribution in [3.63, 3.8) is 0 Å². The summed E-state index contributed by atoms with van der Waals surface area (Å²) in [5.41, 5.74) is 1.61. The van der Waals surface area contributed by atoms with E-state index >= 15 is 0 Å². The van der Waals surface area contributed by atoms with Crippen LogP contribution in [0, 0.1) is 12.7 Å². The predicted molar refractivity (Wildman–Crippen MR) is 91.7 cm³/mol. The molecule has 1 aromatic carbocycles. The number of hydrogen-bond donors (Lipinski definition) is 1. The van der Waals surface area contributed by atoms with Gasteiger partial charge in [0, 0.05) is 12.2 Å². The summed E-state index contributed by atoms with van der Waals surface area (Å²) in [4.78, 5) is 12.3. The molecule has 6 nitrogen and oxygen atoms in total. The van der Waals surface area contributed by atoms with Gasteiger partial charge in [0.1, 0.15) is 5.82 Å². The second kappa shape index (κ2) is 6.95. The zero-order valence-corrected chi connectivity index (χ0v) is 14.7. The molecule has 1 aliphatic rings. The van der Waals surface area contributed by atoms with Crippen LogP contribution in [0.15, 0.2) is 30.5 Å². The van der Waals surface area contributed by atoms with Crippen LogP contribution in [0.5, 0.6) is 0 Å². The van der Waals surface area contributed by atoms with Crippen LogP contribution in [0.2, 0.25) is 0 Å². The predicted octanol–water partition coefficient (Wildman–Crippen LogP) is 1.66. The number of rotatable bonds is 5. The number of amides is 1. The Morgan fingerprint density at radius 3 is 2.84 bits per heavy atom. The number of nitrogens with zero attached hydrogens (tertiary/aromatic N) is 2. The zero-order valence-electron chi connectivity index (χ0n) is 13.9. The van der Waals surface area contributed by atoms with Crippen molar-refractivity contribution in [1.82, 2.24) is 15.1 Å². The van der Waals surface area contributed by atoms with Crippen LogP contribution in [0.1, 0.15) is 34.1 Å². The second-order valence-corrected chi connectivity index (χ2v) is 8.47. The van der Waals surface area contributed by atoms with Crippen LogP contribution in [0.4, 0.5) is 4.39 Å². The van der Waals surface area contributed by atoms with Crippen molar-refractivity contribution in [2.24, 2.45) is 0 Å². The molecule has 0 bridgehead atoms. The minimum absolute atomic E-state index is 0.0594. The highest BCUT2D eigenvalue weighted by atomic mass is 32.2. The molecule has 2 heterocycles. The van der Waals surface area contributed by atoms with Gasteiger partial charge in [-0.25, -0.2) is 12.8 Å². The summed E-state index contributed by atoms with van der Waals surface area (Å²) < 4.78 is 38.4. The van der Waals surface area contributed by atoms with Crippen molar-refractivity contribution in [3.8, 4) is 0 Å². The number of aromatic nitrogens is 2. The lowest BCUT2D eigenvalue weighted by atomic mass is 10.1. The van der Waals surface area contributed by atoms with Crippen molar-refractivity contribution in [3.05, 3.63) is 53.1 Å². The number of hydrogen-bond acceptors (Lipinski definition) is 4. The molecule has 1 aromatic heterocycles. The number of benzene rings is 1. The Bertz CT molecular complexity index is 892. The minimum Gasteiger partial charge on any atom is -0.352 e. The average molecular weight is 365 g/mol. The lowest BCUT2D eigenvalue weighted by Gasteiger charge is -2.11. The molecule has 134 valence electrons. The van der Waals surface area contributed by atoms with Gasteiger partial charge in [-0.1, -0.05) is 18.2 Å². The van der Waals surface area contributed by atoms with E-state index in [0.29, 0.717) is 36.2 Å². The summed E-state index contributed by atoms with van der Waals surface area (Å²) in [6.45, 7) is 2.06. The molecule has 1 fully saturated rings. The Labute approximate surface area is 146 Å². The fourth-order valence-corrected chi connectivity index (χ4v) is 4.78. The van der Waals surface area contributed by atoms with Crippen LogP contribution in [0.25, 0.3) is 0 Å². The molecule has 1 amide bonds. The van der Waals surface area contributed by atoms with Crippen molar-refractivity contribution in [1.29, 1.82) is 0 Å². The third-order valence-corrected chi connectivity index (χ3v) is 6.23. The molecule has 8 heteroatoms. The van der Waals surface area contributed by atoms with Gasteiger partial charge >= 0.3 is 0 Å². The molecule has 1 N–H and O–H groups in total. The van der Waals surface area contributed by atoms with E-state index in [2.05, 4.69) is 10.4 Å². The highest BCUT2D eigenvalue weighted by Gasteiger charge is 2.31. The van der Waals surface area contributed by atoms with Crippen molar-refractivity contribution in [2.45, 2.75) is 25.8 Å². The molecular weight excluding hydrogens is 345 g/mol. The first kappa shape index (κ1) is 17.6. The van der Waals surface area contributed by atoms with E-state index in [-0.39, 0.29) is 29.3 Å². The van der Waals surface area contributed by atoms with Crippen molar-refractivity contribution in [2.75, 3.05) is 18.1 Å². The topological polar surface area (TPSA) is 81.1 Å². The lowest BCUT2D eigenvalue weighted by molar-refractivity contribution is 0.0953. The van der Waals surface area contributed by atoms with E-state index in [1.54, 1.807) is 29.8 Å². The molecule has 1 unspecified atom stereocenters. The maximum Gasteiger partial charge on any atom is 0.254 e. The molecule has 2 aromatic rings. The molecule has 0 radical (unpaired) electrons. The van der Waals surface area contributed by atoms with Crippen LogP contribution >= 0.6 is 0 Å². The third-order valence-electron chi connectivity index (χ3n) is 4.48. The Morgan fingerprint density at radius 2 is 2.16 bits per heavy atom. The minimum atomic E-state index is -3.02.